The molecule has 0 aliphatic carbocycles. The third-order valence-electron chi connectivity index (χ3n) is 3.36. The van der Waals surface area contributed by atoms with Crippen LogP contribution in [0.2, 0.25) is 0 Å². The molecule has 18 heavy (non-hydrogen) atoms. The van der Waals surface area contributed by atoms with Gasteiger partial charge in [0.1, 0.15) is 5.82 Å². The van der Waals surface area contributed by atoms with Gasteiger partial charge in [-0.3, -0.25) is 0 Å². The Kier molecular flexibility index (Phi) is 4.15. The van der Waals surface area contributed by atoms with Crippen molar-refractivity contribution in [3.05, 3.63) is 41.9 Å². The number of rotatable bonds is 5. The molecule has 0 saturated heterocycles. The van der Waals surface area contributed by atoms with Crippen LogP contribution in [0.15, 0.2) is 30.5 Å². The zero-order valence-corrected chi connectivity index (χ0v) is 11.3. The molecule has 0 fully saturated rings. The summed E-state index contributed by atoms with van der Waals surface area (Å²) in [6, 6.07) is 8.38. The summed E-state index contributed by atoms with van der Waals surface area (Å²) in [5, 5.41) is 3.22. The van der Waals surface area contributed by atoms with Crippen LogP contribution in [0.1, 0.15) is 30.7 Å². The van der Waals surface area contributed by atoms with Crippen molar-refractivity contribution in [2.75, 3.05) is 13.6 Å². The maximum Gasteiger partial charge on any atom is 0.110 e. The van der Waals surface area contributed by atoms with Gasteiger partial charge in [-0.2, -0.15) is 0 Å². The van der Waals surface area contributed by atoms with Crippen molar-refractivity contribution < 1.29 is 0 Å². The number of hydrogen-bond acceptors (Lipinski definition) is 2. The minimum Gasteiger partial charge on any atom is -0.342 e. The van der Waals surface area contributed by atoms with E-state index in [1.165, 1.54) is 11.1 Å². The number of benzene rings is 1. The lowest BCUT2D eigenvalue weighted by molar-refractivity contribution is 0.586. The molecule has 0 spiro atoms. The first-order valence-electron chi connectivity index (χ1n) is 6.51. The fourth-order valence-electron chi connectivity index (χ4n) is 2.24. The molecule has 1 heterocycles. The van der Waals surface area contributed by atoms with E-state index >= 15 is 0 Å². The molecular weight excluding hydrogens is 222 g/mol. The number of hydrogen-bond donors (Lipinski definition) is 2. The molecule has 0 amide bonds. The van der Waals surface area contributed by atoms with Gasteiger partial charge in [0.25, 0.3) is 0 Å². The fraction of sp³-hybridized carbons (Fsp3) is 0.400. The predicted octanol–water partition coefficient (Wildman–Crippen LogP) is 3.10. The number of H-pyrrole nitrogens is 1. The van der Waals surface area contributed by atoms with Gasteiger partial charge in [0.15, 0.2) is 0 Å². The van der Waals surface area contributed by atoms with E-state index in [9.17, 15) is 0 Å². The number of aromatic amines is 1. The van der Waals surface area contributed by atoms with E-state index in [1.807, 2.05) is 13.2 Å². The van der Waals surface area contributed by atoms with Gasteiger partial charge >= 0.3 is 0 Å². The Hall–Kier alpha value is -1.61. The standard InChI is InChI=1S/C15H21N3/c1-4-12(9-16-3)15-17-10-14(18-15)13-8-6-5-7-11(13)2/h5-8,10,12,16H,4,9H2,1-3H3,(H,17,18). The van der Waals surface area contributed by atoms with Crippen LogP contribution in [-0.2, 0) is 0 Å². The summed E-state index contributed by atoms with van der Waals surface area (Å²) < 4.78 is 0. The van der Waals surface area contributed by atoms with Crippen LogP contribution in [0.25, 0.3) is 11.3 Å². The minimum absolute atomic E-state index is 0.452. The van der Waals surface area contributed by atoms with Crippen LogP contribution in [0.3, 0.4) is 0 Å². The third-order valence-corrected chi connectivity index (χ3v) is 3.36. The first-order valence-corrected chi connectivity index (χ1v) is 6.51. The van der Waals surface area contributed by atoms with Gasteiger partial charge in [0, 0.05) is 18.0 Å². The molecule has 2 rings (SSSR count). The Morgan fingerprint density at radius 3 is 2.78 bits per heavy atom. The lowest BCUT2D eigenvalue weighted by Crippen LogP contribution is -2.17. The van der Waals surface area contributed by atoms with Crippen LogP contribution in [-0.4, -0.2) is 23.6 Å². The topological polar surface area (TPSA) is 40.7 Å². The fourth-order valence-corrected chi connectivity index (χ4v) is 2.24. The molecule has 3 heteroatoms. The molecule has 0 aliphatic heterocycles. The van der Waals surface area contributed by atoms with Gasteiger partial charge in [-0.1, -0.05) is 31.2 Å². The van der Waals surface area contributed by atoms with Gasteiger partial charge in [0.2, 0.25) is 0 Å². The Labute approximate surface area is 109 Å². The summed E-state index contributed by atoms with van der Waals surface area (Å²) in [4.78, 5) is 7.98. The second-order valence-corrected chi connectivity index (χ2v) is 4.66. The summed E-state index contributed by atoms with van der Waals surface area (Å²) in [5.41, 5.74) is 3.61. The maximum absolute atomic E-state index is 4.53. The number of nitrogens with one attached hydrogen (secondary N) is 2. The smallest absolute Gasteiger partial charge is 0.110 e. The highest BCUT2D eigenvalue weighted by Crippen LogP contribution is 2.24. The Bertz CT molecular complexity index is 502. The largest absolute Gasteiger partial charge is 0.342 e. The normalized spacial score (nSPS) is 12.6. The molecular formula is C15H21N3. The van der Waals surface area contributed by atoms with Crippen molar-refractivity contribution in [1.29, 1.82) is 0 Å². The highest BCUT2D eigenvalue weighted by Gasteiger charge is 2.13. The Morgan fingerprint density at radius 1 is 1.33 bits per heavy atom. The second kappa shape index (κ2) is 5.83. The molecule has 1 atom stereocenters. The molecule has 3 nitrogen and oxygen atoms in total. The van der Waals surface area contributed by atoms with E-state index in [4.69, 9.17) is 0 Å². The summed E-state index contributed by atoms with van der Waals surface area (Å²) in [5.74, 6) is 1.53. The summed E-state index contributed by atoms with van der Waals surface area (Å²) in [6.07, 6.45) is 3.03. The van der Waals surface area contributed by atoms with Gasteiger partial charge in [-0.15, -0.1) is 0 Å². The first-order chi connectivity index (χ1) is 8.76. The molecule has 2 N–H and O–H groups in total. The second-order valence-electron chi connectivity index (χ2n) is 4.66. The highest BCUT2D eigenvalue weighted by atomic mass is 14.9. The van der Waals surface area contributed by atoms with Crippen LogP contribution in [0.4, 0.5) is 0 Å². The van der Waals surface area contributed by atoms with Crippen LogP contribution in [0, 0.1) is 6.92 Å². The quantitative estimate of drug-likeness (QED) is 0.847. The molecule has 0 aliphatic rings. The lowest BCUT2D eigenvalue weighted by atomic mass is 10.1. The van der Waals surface area contributed by atoms with Gasteiger partial charge in [-0.05, 0) is 26.0 Å². The molecule has 2 aromatic rings. The molecule has 1 aromatic heterocycles. The van der Waals surface area contributed by atoms with Crippen molar-refractivity contribution in [2.24, 2.45) is 0 Å². The molecule has 1 aromatic carbocycles. The summed E-state index contributed by atoms with van der Waals surface area (Å²) in [7, 11) is 1.98. The lowest BCUT2D eigenvalue weighted by Gasteiger charge is -2.11. The number of imidazole rings is 1. The van der Waals surface area contributed by atoms with Gasteiger partial charge in [-0.25, -0.2) is 4.98 Å². The molecule has 1 unspecified atom stereocenters. The zero-order chi connectivity index (χ0) is 13.0. The molecule has 0 radical (unpaired) electrons. The number of likely N-dealkylation sites (N-methyl/N-ethyl adjacent to an activating group) is 1. The minimum atomic E-state index is 0.452. The van der Waals surface area contributed by atoms with E-state index in [2.05, 4.69) is 53.4 Å². The van der Waals surface area contributed by atoms with E-state index in [0.717, 1.165) is 24.5 Å². The van der Waals surface area contributed by atoms with Crippen molar-refractivity contribution in [2.45, 2.75) is 26.2 Å². The average molecular weight is 243 g/mol. The van der Waals surface area contributed by atoms with Crippen molar-refractivity contribution in [1.82, 2.24) is 15.3 Å². The van der Waals surface area contributed by atoms with Crippen LogP contribution >= 0.6 is 0 Å². The summed E-state index contributed by atoms with van der Waals surface area (Å²) >= 11 is 0. The van der Waals surface area contributed by atoms with Crippen molar-refractivity contribution in [3.8, 4) is 11.3 Å². The molecule has 0 saturated carbocycles. The van der Waals surface area contributed by atoms with E-state index in [0.29, 0.717) is 5.92 Å². The number of aryl methyl sites for hydroxylation is 1. The first kappa shape index (κ1) is 12.8. The Balaban J connectivity index is 2.28. The van der Waals surface area contributed by atoms with Crippen LogP contribution < -0.4 is 5.32 Å². The summed E-state index contributed by atoms with van der Waals surface area (Å²) in [6.45, 7) is 5.27. The van der Waals surface area contributed by atoms with Crippen molar-refractivity contribution in [3.63, 3.8) is 0 Å². The van der Waals surface area contributed by atoms with E-state index < -0.39 is 0 Å². The third kappa shape index (κ3) is 2.62. The van der Waals surface area contributed by atoms with Gasteiger partial charge in [0.05, 0.1) is 11.9 Å². The maximum atomic E-state index is 4.53. The number of aromatic nitrogens is 2. The predicted molar refractivity (Wildman–Crippen MR) is 75.7 cm³/mol. The average Bonchev–Trinajstić information content (AvgIpc) is 2.85. The molecule has 0 bridgehead atoms. The monoisotopic (exact) mass is 243 g/mol. The van der Waals surface area contributed by atoms with E-state index in [1.54, 1.807) is 0 Å². The van der Waals surface area contributed by atoms with Crippen molar-refractivity contribution >= 4 is 0 Å². The molecule has 96 valence electrons. The van der Waals surface area contributed by atoms with E-state index in [-0.39, 0.29) is 0 Å². The Morgan fingerprint density at radius 2 is 2.11 bits per heavy atom. The number of nitrogens with zero attached hydrogens (tertiary/aromatic N) is 1. The van der Waals surface area contributed by atoms with Gasteiger partial charge < -0.3 is 10.3 Å². The zero-order valence-electron chi connectivity index (χ0n) is 11.3. The van der Waals surface area contributed by atoms with Crippen LogP contribution in [0.5, 0.6) is 0 Å². The SMILES string of the molecule is CCC(CNC)c1ncc(-c2ccccc2C)[nH]1. The highest BCUT2D eigenvalue weighted by molar-refractivity contribution is 5.62.